The molecule has 18 heavy (non-hydrogen) atoms. The molecular formula is C16H18N2. The molecule has 0 atom stereocenters. The highest BCUT2D eigenvalue weighted by Gasteiger charge is 2.13. The number of hydrogen-bond donors (Lipinski definition) is 2. The van der Waals surface area contributed by atoms with Gasteiger partial charge in [0.25, 0.3) is 0 Å². The van der Waals surface area contributed by atoms with Crippen molar-refractivity contribution >= 4 is 0 Å². The first-order valence-electron chi connectivity index (χ1n) is 6.49. The van der Waals surface area contributed by atoms with Gasteiger partial charge in [-0.3, -0.25) is 0 Å². The van der Waals surface area contributed by atoms with Crippen molar-refractivity contribution in [3.63, 3.8) is 0 Å². The van der Waals surface area contributed by atoms with Crippen LogP contribution in [0.4, 0.5) is 0 Å². The largest absolute Gasteiger partial charge is 0.326 e. The van der Waals surface area contributed by atoms with Gasteiger partial charge < -0.3 is 11.1 Å². The van der Waals surface area contributed by atoms with Crippen molar-refractivity contribution in [1.29, 1.82) is 0 Å². The Balaban J connectivity index is 2.10. The zero-order valence-corrected chi connectivity index (χ0v) is 10.4. The summed E-state index contributed by atoms with van der Waals surface area (Å²) in [4.78, 5) is 0. The highest BCUT2D eigenvalue weighted by molar-refractivity contribution is 5.69. The lowest BCUT2D eigenvalue weighted by Gasteiger charge is -2.20. The number of benzene rings is 2. The van der Waals surface area contributed by atoms with E-state index in [4.69, 9.17) is 5.73 Å². The van der Waals surface area contributed by atoms with Crippen LogP contribution in [0.1, 0.15) is 16.7 Å². The van der Waals surface area contributed by atoms with Gasteiger partial charge in [0.2, 0.25) is 0 Å². The van der Waals surface area contributed by atoms with Gasteiger partial charge >= 0.3 is 0 Å². The van der Waals surface area contributed by atoms with Crippen LogP contribution in [0.2, 0.25) is 0 Å². The third-order valence-corrected chi connectivity index (χ3v) is 3.62. The molecule has 1 aliphatic heterocycles. The molecule has 0 fully saturated rings. The molecule has 1 aliphatic rings. The minimum atomic E-state index is 0.598. The topological polar surface area (TPSA) is 38.0 Å². The lowest BCUT2D eigenvalue weighted by atomic mass is 9.91. The molecule has 0 saturated carbocycles. The fraction of sp³-hybridized carbons (Fsp3) is 0.250. The van der Waals surface area contributed by atoms with Gasteiger partial charge in [-0.15, -0.1) is 0 Å². The lowest BCUT2D eigenvalue weighted by Crippen LogP contribution is -2.24. The fourth-order valence-electron chi connectivity index (χ4n) is 2.65. The second-order valence-electron chi connectivity index (χ2n) is 4.77. The minimum absolute atomic E-state index is 0.598. The first-order chi connectivity index (χ1) is 8.88. The van der Waals surface area contributed by atoms with Crippen molar-refractivity contribution in [3.8, 4) is 11.1 Å². The van der Waals surface area contributed by atoms with Crippen molar-refractivity contribution in [2.75, 3.05) is 6.54 Å². The molecule has 2 nitrogen and oxygen atoms in total. The summed E-state index contributed by atoms with van der Waals surface area (Å²) < 4.78 is 0. The van der Waals surface area contributed by atoms with Gasteiger partial charge in [-0.25, -0.2) is 0 Å². The zero-order valence-electron chi connectivity index (χ0n) is 10.4. The van der Waals surface area contributed by atoms with Crippen LogP contribution in [0.25, 0.3) is 11.1 Å². The summed E-state index contributed by atoms with van der Waals surface area (Å²) in [6, 6.07) is 15.2. The molecule has 0 aromatic heterocycles. The van der Waals surface area contributed by atoms with E-state index >= 15 is 0 Å². The Morgan fingerprint density at radius 1 is 1.11 bits per heavy atom. The second kappa shape index (κ2) is 4.92. The Morgan fingerprint density at radius 2 is 2.00 bits per heavy atom. The van der Waals surface area contributed by atoms with Gasteiger partial charge in [0.1, 0.15) is 0 Å². The summed E-state index contributed by atoms with van der Waals surface area (Å²) in [5.41, 5.74) is 12.4. The molecule has 2 aromatic rings. The molecule has 2 aromatic carbocycles. The molecule has 1 heterocycles. The monoisotopic (exact) mass is 238 g/mol. The Bertz CT molecular complexity index is 561. The van der Waals surface area contributed by atoms with Crippen molar-refractivity contribution < 1.29 is 0 Å². The molecule has 3 rings (SSSR count). The quantitative estimate of drug-likeness (QED) is 0.843. The molecule has 0 saturated heterocycles. The van der Waals surface area contributed by atoms with E-state index in [2.05, 4.69) is 47.8 Å². The molecule has 2 heteroatoms. The van der Waals surface area contributed by atoms with Crippen LogP contribution in [0, 0.1) is 0 Å². The van der Waals surface area contributed by atoms with E-state index < -0.39 is 0 Å². The minimum Gasteiger partial charge on any atom is -0.326 e. The van der Waals surface area contributed by atoms with Gasteiger partial charge in [0.05, 0.1) is 0 Å². The standard InChI is InChI=1S/C16H18N2/c17-10-12-3-1-5-14(9-12)15-6-2-4-13-7-8-18-11-16(13)15/h1-6,9,18H,7-8,10-11,17H2. The van der Waals surface area contributed by atoms with E-state index in [0.29, 0.717) is 6.54 Å². The predicted molar refractivity (Wildman–Crippen MR) is 75.2 cm³/mol. The van der Waals surface area contributed by atoms with Crippen LogP contribution >= 0.6 is 0 Å². The molecule has 0 aliphatic carbocycles. The highest BCUT2D eigenvalue weighted by Crippen LogP contribution is 2.28. The molecule has 92 valence electrons. The third kappa shape index (κ3) is 2.05. The predicted octanol–water partition coefficient (Wildman–Crippen LogP) is 2.46. The summed E-state index contributed by atoms with van der Waals surface area (Å²) >= 11 is 0. The smallest absolute Gasteiger partial charge is 0.0214 e. The van der Waals surface area contributed by atoms with E-state index in [0.717, 1.165) is 19.5 Å². The maximum absolute atomic E-state index is 5.72. The van der Waals surface area contributed by atoms with Crippen LogP contribution in [-0.2, 0) is 19.5 Å². The van der Waals surface area contributed by atoms with E-state index in [9.17, 15) is 0 Å². The summed E-state index contributed by atoms with van der Waals surface area (Å²) in [7, 11) is 0. The number of fused-ring (bicyclic) bond motifs is 1. The fourth-order valence-corrected chi connectivity index (χ4v) is 2.65. The van der Waals surface area contributed by atoms with E-state index in [1.807, 2.05) is 0 Å². The summed E-state index contributed by atoms with van der Waals surface area (Å²) in [5, 5.41) is 3.46. The number of nitrogens with two attached hydrogens (primary N) is 1. The SMILES string of the molecule is NCc1cccc(-c2cccc3c2CNCC3)c1. The van der Waals surface area contributed by atoms with Crippen LogP contribution in [-0.4, -0.2) is 6.54 Å². The van der Waals surface area contributed by atoms with Crippen molar-refractivity contribution in [1.82, 2.24) is 5.32 Å². The first-order valence-corrected chi connectivity index (χ1v) is 6.49. The number of hydrogen-bond acceptors (Lipinski definition) is 2. The molecule has 3 N–H and O–H groups in total. The van der Waals surface area contributed by atoms with Gasteiger partial charge in [-0.2, -0.15) is 0 Å². The van der Waals surface area contributed by atoms with Crippen molar-refractivity contribution in [2.24, 2.45) is 5.73 Å². The maximum Gasteiger partial charge on any atom is 0.0214 e. The normalized spacial score (nSPS) is 14.3. The Hall–Kier alpha value is -1.64. The van der Waals surface area contributed by atoms with E-state index in [1.54, 1.807) is 0 Å². The maximum atomic E-state index is 5.72. The molecule has 0 amide bonds. The highest BCUT2D eigenvalue weighted by atomic mass is 14.9. The summed E-state index contributed by atoms with van der Waals surface area (Å²) in [6.45, 7) is 2.65. The molecule has 0 spiro atoms. The van der Waals surface area contributed by atoms with Crippen LogP contribution in [0.5, 0.6) is 0 Å². The van der Waals surface area contributed by atoms with E-state index in [1.165, 1.54) is 27.8 Å². The van der Waals surface area contributed by atoms with Gasteiger partial charge in [0.15, 0.2) is 0 Å². The van der Waals surface area contributed by atoms with Crippen LogP contribution < -0.4 is 11.1 Å². The average Bonchev–Trinajstić information content (AvgIpc) is 2.47. The Kier molecular flexibility index (Phi) is 3.13. The van der Waals surface area contributed by atoms with E-state index in [-0.39, 0.29) is 0 Å². The molecular weight excluding hydrogens is 220 g/mol. The van der Waals surface area contributed by atoms with Crippen LogP contribution in [0.3, 0.4) is 0 Å². The number of nitrogens with one attached hydrogen (secondary N) is 1. The van der Waals surface area contributed by atoms with Gasteiger partial charge in [0, 0.05) is 13.1 Å². The van der Waals surface area contributed by atoms with Crippen LogP contribution in [0.15, 0.2) is 42.5 Å². The average molecular weight is 238 g/mol. The van der Waals surface area contributed by atoms with Crippen molar-refractivity contribution in [3.05, 3.63) is 59.2 Å². The van der Waals surface area contributed by atoms with Gasteiger partial charge in [-0.1, -0.05) is 36.4 Å². The summed E-state index contributed by atoms with van der Waals surface area (Å²) in [5.74, 6) is 0. The van der Waals surface area contributed by atoms with Crippen molar-refractivity contribution in [2.45, 2.75) is 19.5 Å². The number of rotatable bonds is 2. The summed E-state index contributed by atoms with van der Waals surface area (Å²) in [6.07, 6.45) is 1.12. The molecule has 0 radical (unpaired) electrons. The third-order valence-electron chi connectivity index (χ3n) is 3.62. The molecule has 0 bridgehead atoms. The first kappa shape index (κ1) is 11.5. The Morgan fingerprint density at radius 3 is 2.89 bits per heavy atom. The lowest BCUT2D eigenvalue weighted by molar-refractivity contribution is 0.645. The zero-order chi connectivity index (χ0) is 12.4. The second-order valence-corrected chi connectivity index (χ2v) is 4.77. The van der Waals surface area contributed by atoms with Gasteiger partial charge in [-0.05, 0) is 46.8 Å². The molecule has 0 unspecified atom stereocenters. The Labute approximate surface area is 108 Å².